The van der Waals surface area contributed by atoms with Gasteiger partial charge in [-0.1, -0.05) is 6.07 Å². The molecule has 0 aliphatic rings. The van der Waals surface area contributed by atoms with E-state index in [9.17, 15) is 0 Å². The fraction of sp³-hybridized carbons (Fsp3) is 0. The molecule has 0 nitrogen and oxygen atoms in total. The summed E-state index contributed by atoms with van der Waals surface area (Å²) in [4.78, 5) is 0. The molecular formula is C7H7Cl3Zr-. The number of hydrogen-bond acceptors (Lipinski definition) is 0. The summed E-state index contributed by atoms with van der Waals surface area (Å²) in [6.07, 6.45) is 0. The zero-order valence-corrected chi connectivity index (χ0v) is 10.5. The first kappa shape index (κ1) is 11.8. The number of rotatable bonds is 0. The number of halogens is 3. The molecule has 0 aliphatic heterocycles. The van der Waals surface area contributed by atoms with Crippen LogP contribution < -0.4 is 0 Å². The molecule has 61 valence electrons. The Balaban J connectivity index is 0.000000218. The quantitative estimate of drug-likeness (QED) is 0.635. The van der Waals surface area contributed by atoms with Crippen LogP contribution in [0.15, 0.2) is 30.3 Å². The van der Waals surface area contributed by atoms with Gasteiger partial charge in [0.15, 0.2) is 0 Å². The van der Waals surface area contributed by atoms with Gasteiger partial charge in [-0.25, -0.2) is 0 Å². The van der Waals surface area contributed by atoms with Crippen LogP contribution in [0.2, 0.25) is 0 Å². The van der Waals surface area contributed by atoms with Gasteiger partial charge in [-0.2, -0.15) is 24.6 Å². The molecule has 0 fully saturated rings. The maximum atomic E-state index is 5.00. The molecule has 0 heterocycles. The molecule has 0 spiro atoms. The SMILES string of the molecule is [CH2-]c1ccccc1.[Cl][Zr]([Cl])[Cl]. The molecule has 0 bridgehead atoms. The normalized spacial score (nSPS) is 7.91. The molecule has 11 heavy (non-hydrogen) atoms. The Labute approximate surface area is 85.8 Å². The van der Waals surface area contributed by atoms with Crippen molar-refractivity contribution in [2.45, 2.75) is 0 Å². The van der Waals surface area contributed by atoms with Gasteiger partial charge in [0.05, 0.1) is 0 Å². The Kier molecular flexibility index (Phi) is 8.06. The Hall–Kier alpha value is 0.843. The Morgan fingerprint density at radius 1 is 1.00 bits per heavy atom. The third kappa shape index (κ3) is 10.8. The molecular weight excluding hydrogens is 282 g/mol. The van der Waals surface area contributed by atoms with E-state index in [0.717, 1.165) is 5.56 Å². The van der Waals surface area contributed by atoms with Crippen molar-refractivity contribution >= 4 is 25.5 Å². The Morgan fingerprint density at radius 2 is 1.36 bits per heavy atom. The number of benzene rings is 1. The van der Waals surface area contributed by atoms with Crippen LogP contribution in [0.4, 0.5) is 0 Å². The predicted octanol–water partition coefficient (Wildman–Crippen LogP) is 3.93. The summed E-state index contributed by atoms with van der Waals surface area (Å²) in [6.45, 7) is 3.72. The van der Waals surface area contributed by atoms with Crippen LogP contribution in [0.3, 0.4) is 0 Å². The molecule has 0 amide bonds. The first-order valence-electron chi connectivity index (χ1n) is 2.83. The monoisotopic (exact) mass is 286 g/mol. The van der Waals surface area contributed by atoms with Crippen molar-refractivity contribution in [1.82, 2.24) is 0 Å². The van der Waals surface area contributed by atoms with Crippen molar-refractivity contribution in [1.29, 1.82) is 0 Å². The second kappa shape index (κ2) is 7.49. The topological polar surface area (TPSA) is 0 Å². The van der Waals surface area contributed by atoms with Gasteiger partial charge in [0.2, 0.25) is 0 Å². The van der Waals surface area contributed by atoms with E-state index in [1.807, 2.05) is 30.3 Å². The summed E-state index contributed by atoms with van der Waals surface area (Å²) >= 11 is -2.13. The van der Waals surface area contributed by atoms with Crippen molar-refractivity contribution in [2.75, 3.05) is 0 Å². The summed E-state index contributed by atoms with van der Waals surface area (Å²) < 4.78 is 0. The first-order valence-corrected chi connectivity index (χ1v) is 12.3. The molecule has 4 heteroatoms. The molecule has 0 atom stereocenters. The van der Waals surface area contributed by atoms with Crippen molar-refractivity contribution in [3.63, 3.8) is 0 Å². The third-order valence-corrected chi connectivity index (χ3v) is 0.843. The van der Waals surface area contributed by atoms with Gasteiger partial charge >= 0.3 is 43.7 Å². The van der Waals surface area contributed by atoms with E-state index in [0.29, 0.717) is 0 Å². The van der Waals surface area contributed by atoms with Crippen LogP contribution >= 0.6 is 25.5 Å². The van der Waals surface area contributed by atoms with Gasteiger partial charge < -0.3 is 0 Å². The fourth-order valence-corrected chi connectivity index (χ4v) is 0.478. The molecule has 0 saturated heterocycles. The van der Waals surface area contributed by atoms with E-state index in [1.54, 1.807) is 0 Å². The molecule has 1 aromatic carbocycles. The Morgan fingerprint density at radius 3 is 1.55 bits per heavy atom. The van der Waals surface area contributed by atoms with E-state index in [4.69, 9.17) is 25.5 Å². The molecule has 0 N–H and O–H groups in total. The van der Waals surface area contributed by atoms with Crippen molar-refractivity contribution < 1.29 is 18.2 Å². The molecule has 0 saturated carbocycles. The van der Waals surface area contributed by atoms with E-state index in [-0.39, 0.29) is 0 Å². The van der Waals surface area contributed by atoms with E-state index >= 15 is 0 Å². The summed E-state index contributed by atoms with van der Waals surface area (Å²) in [5.74, 6) is 0. The molecule has 0 aromatic heterocycles. The van der Waals surface area contributed by atoms with Crippen LogP contribution in [0, 0.1) is 6.92 Å². The minimum atomic E-state index is -2.13. The zero-order valence-electron chi connectivity index (χ0n) is 5.73. The first-order chi connectivity index (χ1) is 5.13. The fourth-order valence-electron chi connectivity index (χ4n) is 0.478. The van der Waals surface area contributed by atoms with Crippen LogP contribution in [0.5, 0.6) is 0 Å². The second-order valence-corrected chi connectivity index (χ2v) is 12.9. The van der Waals surface area contributed by atoms with Gasteiger partial charge in [0.1, 0.15) is 0 Å². The summed E-state index contributed by atoms with van der Waals surface area (Å²) in [7, 11) is 15.0. The van der Waals surface area contributed by atoms with E-state index < -0.39 is 18.2 Å². The van der Waals surface area contributed by atoms with Gasteiger partial charge in [0, 0.05) is 0 Å². The van der Waals surface area contributed by atoms with Crippen LogP contribution in [-0.4, -0.2) is 0 Å². The van der Waals surface area contributed by atoms with Crippen LogP contribution in [0.25, 0.3) is 0 Å². The van der Waals surface area contributed by atoms with Crippen molar-refractivity contribution in [2.24, 2.45) is 0 Å². The second-order valence-electron chi connectivity index (χ2n) is 1.70. The summed E-state index contributed by atoms with van der Waals surface area (Å²) in [5.41, 5.74) is 1.07. The summed E-state index contributed by atoms with van der Waals surface area (Å²) in [5, 5.41) is 0. The average molecular weight is 289 g/mol. The molecule has 1 rings (SSSR count). The molecule has 0 aliphatic carbocycles. The van der Waals surface area contributed by atoms with E-state index in [2.05, 4.69) is 6.92 Å². The maximum absolute atomic E-state index is 5.00. The van der Waals surface area contributed by atoms with Crippen LogP contribution in [-0.2, 0) is 18.2 Å². The standard InChI is InChI=1S/C7H7.3ClH.Zr/c1-7-5-3-2-4-6-7;;;;/h2-6H,1H2;3*1H;/q-1;;;;+3/p-3. The third-order valence-electron chi connectivity index (χ3n) is 0.843. The molecule has 1 aromatic rings. The van der Waals surface area contributed by atoms with Crippen molar-refractivity contribution in [3.05, 3.63) is 42.8 Å². The number of hydrogen-bond donors (Lipinski definition) is 0. The molecule has 0 unspecified atom stereocenters. The Bertz CT molecular complexity index is 174. The minimum absolute atomic E-state index is 1.07. The van der Waals surface area contributed by atoms with Gasteiger partial charge in [-0.05, 0) is 0 Å². The van der Waals surface area contributed by atoms with Gasteiger partial charge in [-0.15, -0.1) is 12.1 Å². The predicted molar refractivity (Wildman–Crippen MR) is 48.5 cm³/mol. The average Bonchev–Trinajstić information content (AvgIpc) is 1.87. The van der Waals surface area contributed by atoms with Gasteiger partial charge in [0.25, 0.3) is 0 Å². The summed E-state index contributed by atoms with van der Waals surface area (Å²) in [6, 6.07) is 9.87. The van der Waals surface area contributed by atoms with Gasteiger partial charge in [-0.3, -0.25) is 0 Å². The van der Waals surface area contributed by atoms with Crippen molar-refractivity contribution in [3.8, 4) is 0 Å². The van der Waals surface area contributed by atoms with Crippen LogP contribution in [0.1, 0.15) is 5.56 Å². The zero-order chi connectivity index (χ0) is 8.69. The molecule has 0 radical (unpaired) electrons. The van der Waals surface area contributed by atoms with E-state index in [1.165, 1.54) is 0 Å².